The molecule has 0 aliphatic heterocycles. The fourth-order valence-electron chi connectivity index (χ4n) is 1.20. The lowest BCUT2D eigenvalue weighted by Crippen LogP contribution is -2.45. The van der Waals surface area contributed by atoms with E-state index >= 15 is 0 Å². The van der Waals surface area contributed by atoms with Gasteiger partial charge in [-0.2, -0.15) is 5.10 Å². The Balaban J connectivity index is 2.56. The molecule has 2 amide bonds. The van der Waals surface area contributed by atoms with Gasteiger partial charge in [0.1, 0.15) is 0 Å². The molecule has 0 aliphatic rings. The minimum Gasteiger partial charge on any atom is -0.480 e. The van der Waals surface area contributed by atoms with Crippen LogP contribution in [0.25, 0.3) is 0 Å². The lowest BCUT2D eigenvalue weighted by atomic mass is 10.3. The van der Waals surface area contributed by atoms with E-state index in [-0.39, 0.29) is 6.04 Å². The molecular formula is C10H16N4O4. The van der Waals surface area contributed by atoms with Gasteiger partial charge in [0.2, 0.25) is 0 Å². The van der Waals surface area contributed by atoms with Gasteiger partial charge in [-0.25, -0.2) is 9.59 Å². The van der Waals surface area contributed by atoms with Crippen molar-refractivity contribution >= 4 is 17.7 Å². The number of nitrogens with zero attached hydrogens (tertiary/aromatic N) is 2. The van der Waals surface area contributed by atoms with Crippen LogP contribution in [0, 0.1) is 0 Å². The third-order valence-electron chi connectivity index (χ3n) is 2.17. The van der Waals surface area contributed by atoms with Gasteiger partial charge in [0.05, 0.1) is 18.5 Å². The van der Waals surface area contributed by atoms with Crippen molar-refractivity contribution < 1.29 is 19.8 Å². The highest BCUT2D eigenvalue weighted by Crippen LogP contribution is 2.09. The van der Waals surface area contributed by atoms with Crippen LogP contribution in [0.5, 0.6) is 0 Å². The Labute approximate surface area is 104 Å². The van der Waals surface area contributed by atoms with Crippen LogP contribution in [0.3, 0.4) is 0 Å². The van der Waals surface area contributed by atoms with Gasteiger partial charge in [0, 0.05) is 12.2 Å². The summed E-state index contributed by atoms with van der Waals surface area (Å²) in [6.07, 6.45) is 3.08. The Kier molecular flexibility index (Phi) is 4.67. The second kappa shape index (κ2) is 6.01. The summed E-state index contributed by atoms with van der Waals surface area (Å²) in [7, 11) is 0. The number of carboxylic acids is 1. The molecule has 1 rings (SSSR count). The lowest BCUT2D eigenvalue weighted by Gasteiger charge is -2.11. The summed E-state index contributed by atoms with van der Waals surface area (Å²) in [4.78, 5) is 22.0. The first-order valence-electron chi connectivity index (χ1n) is 5.39. The van der Waals surface area contributed by atoms with E-state index in [4.69, 9.17) is 10.2 Å². The van der Waals surface area contributed by atoms with Gasteiger partial charge in [0.25, 0.3) is 0 Å². The Morgan fingerprint density at radius 2 is 2.17 bits per heavy atom. The van der Waals surface area contributed by atoms with Gasteiger partial charge < -0.3 is 20.8 Å². The number of aromatic nitrogens is 2. The van der Waals surface area contributed by atoms with E-state index in [9.17, 15) is 9.59 Å². The molecule has 0 radical (unpaired) electrons. The van der Waals surface area contributed by atoms with Crippen LogP contribution in [-0.4, -0.2) is 44.6 Å². The average molecular weight is 256 g/mol. The summed E-state index contributed by atoms with van der Waals surface area (Å²) >= 11 is 0. The smallest absolute Gasteiger partial charge is 0.328 e. The highest BCUT2D eigenvalue weighted by Gasteiger charge is 2.18. The number of amides is 2. The zero-order valence-electron chi connectivity index (χ0n) is 10.1. The molecule has 1 aromatic heterocycles. The van der Waals surface area contributed by atoms with E-state index in [0.29, 0.717) is 5.69 Å². The molecule has 8 heteroatoms. The third kappa shape index (κ3) is 3.74. The van der Waals surface area contributed by atoms with Gasteiger partial charge in [0.15, 0.2) is 6.04 Å². The molecule has 0 bridgehead atoms. The molecule has 100 valence electrons. The predicted molar refractivity (Wildman–Crippen MR) is 63.3 cm³/mol. The summed E-state index contributed by atoms with van der Waals surface area (Å²) in [6, 6.07) is -1.88. The van der Waals surface area contributed by atoms with Crippen molar-refractivity contribution in [3.05, 3.63) is 12.4 Å². The van der Waals surface area contributed by atoms with Gasteiger partial charge in [-0.3, -0.25) is 4.68 Å². The monoisotopic (exact) mass is 256 g/mol. The maximum atomic E-state index is 11.4. The first kappa shape index (κ1) is 14.0. The van der Waals surface area contributed by atoms with Crippen LogP contribution < -0.4 is 10.6 Å². The Morgan fingerprint density at radius 1 is 1.50 bits per heavy atom. The van der Waals surface area contributed by atoms with Crippen molar-refractivity contribution in [2.45, 2.75) is 25.9 Å². The zero-order valence-corrected chi connectivity index (χ0v) is 10.1. The van der Waals surface area contributed by atoms with E-state index < -0.39 is 24.6 Å². The number of aliphatic hydroxyl groups excluding tert-OH is 1. The highest BCUT2D eigenvalue weighted by molar-refractivity contribution is 5.92. The van der Waals surface area contributed by atoms with Crippen LogP contribution in [0.4, 0.5) is 10.5 Å². The quantitative estimate of drug-likeness (QED) is 0.593. The molecule has 0 fully saturated rings. The number of hydrogen-bond donors (Lipinski definition) is 4. The number of aliphatic hydroxyl groups is 1. The first-order valence-corrected chi connectivity index (χ1v) is 5.39. The van der Waals surface area contributed by atoms with Crippen LogP contribution in [0.2, 0.25) is 0 Å². The fraction of sp³-hybridized carbons (Fsp3) is 0.500. The van der Waals surface area contributed by atoms with Crippen molar-refractivity contribution in [1.82, 2.24) is 15.1 Å². The number of carboxylic acid groups (broad SMARTS) is 1. The molecule has 8 nitrogen and oxygen atoms in total. The van der Waals surface area contributed by atoms with Crippen molar-refractivity contribution in [2.75, 3.05) is 11.9 Å². The molecular weight excluding hydrogens is 240 g/mol. The van der Waals surface area contributed by atoms with Gasteiger partial charge in [-0.15, -0.1) is 0 Å². The van der Waals surface area contributed by atoms with Gasteiger partial charge in [-0.1, -0.05) is 0 Å². The van der Waals surface area contributed by atoms with E-state index in [1.165, 1.54) is 6.20 Å². The van der Waals surface area contributed by atoms with Crippen LogP contribution in [-0.2, 0) is 4.79 Å². The predicted octanol–water partition coefficient (Wildman–Crippen LogP) is 0.0310. The number of rotatable bonds is 5. The van der Waals surface area contributed by atoms with E-state index in [2.05, 4.69) is 15.7 Å². The van der Waals surface area contributed by atoms with E-state index in [1.807, 2.05) is 13.8 Å². The maximum absolute atomic E-state index is 11.4. The second-order valence-corrected chi connectivity index (χ2v) is 3.97. The molecule has 18 heavy (non-hydrogen) atoms. The maximum Gasteiger partial charge on any atom is 0.328 e. The van der Waals surface area contributed by atoms with E-state index in [0.717, 1.165) is 0 Å². The molecule has 1 unspecified atom stereocenters. The van der Waals surface area contributed by atoms with E-state index in [1.54, 1.807) is 10.9 Å². The van der Waals surface area contributed by atoms with Crippen molar-refractivity contribution in [3.8, 4) is 0 Å². The minimum absolute atomic E-state index is 0.160. The molecule has 1 heterocycles. The van der Waals surface area contributed by atoms with Crippen molar-refractivity contribution in [1.29, 1.82) is 0 Å². The van der Waals surface area contributed by atoms with Gasteiger partial charge >= 0.3 is 12.0 Å². The summed E-state index contributed by atoms with van der Waals surface area (Å²) in [5.74, 6) is -1.30. The molecule has 1 atom stereocenters. The number of aliphatic carboxylic acids is 1. The number of carbonyl (C=O) groups is 2. The lowest BCUT2D eigenvalue weighted by molar-refractivity contribution is -0.140. The molecule has 1 aromatic rings. The van der Waals surface area contributed by atoms with Crippen LogP contribution in [0.15, 0.2) is 12.4 Å². The molecule has 0 aromatic carbocycles. The number of nitrogens with one attached hydrogen (secondary N) is 2. The zero-order chi connectivity index (χ0) is 13.7. The van der Waals surface area contributed by atoms with Crippen LogP contribution in [0.1, 0.15) is 19.9 Å². The van der Waals surface area contributed by atoms with Crippen molar-refractivity contribution in [2.24, 2.45) is 0 Å². The second-order valence-electron chi connectivity index (χ2n) is 3.97. The highest BCUT2D eigenvalue weighted by atomic mass is 16.4. The topological polar surface area (TPSA) is 116 Å². The summed E-state index contributed by atoms with van der Waals surface area (Å²) in [5.41, 5.74) is 0.447. The molecule has 0 saturated carbocycles. The van der Waals surface area contributed by atoms with Crippen molar-refractivity contribution in [3.63, 3.8) is 0 Å². The Morgan fingerprint density at radius 3 is 2.61 bits per heavy atom. The average Bonchev–Trinajstić information content (AvgIpc) is 2.74. The molecule has 0 saturated heterocycles. The summed E-state index contributed by atoms with van der Waals surface area (Å²) in [6.45, 7) is 3.19. The molecule has 0 spiro atoms. The molecule has 4 N–H and O–H groups in total. The number of anilines is 1. The third-order valence-corrected chi connectivity index (χ3v) is 2.17. The summed E-state index contributed by atoms with van der Waals surface area (Å²) < 4.78 is 1.65. The fourth-order valence-corrected chi connectivity index (χ4v) is 1.20. The number of carbonyl (C=O) groups excluding carboxylic acids is 1. The standard InChI is InChI=1S/C10H16N4O4/c1-6(2)14-4-7(3-11-14)12-10(18)13-8(5-15)9(16)17/h3-4,6,8,15H,5H2,1-2H3,(H,16,17)(H2,12,13,18). The SMILES string of the molecule is CC(C)n1cc(NC(=O)NC(CO)C(=O)O)cn1. The number of hydrogen-bond acceptors (Lipinski definition) is 4. The van der Waals surface area contributed by atoms with Crippen LogP contribution >= 0.6 is 0 Å². The Hall–Kier alpha value is -2.09. The van der Waals surface area contributed by atoms with Gasteiger partial charge in [-0.05, 0) is 13.8 Å². The first-order chi connectivity index (χ1) is 8.43. The summed E-state index contributed by atoms with van der Waals surface area (Å²) in [5, 5.41) is 26.0. The number of urea groups is 1. The minimum atomic E-state index is -1.33. The largest absolute Gasteiger partial charge is 0.480 e. The normalized spacial score (nSPS) is 12.2. The molecule has 0 aliphatic carbocycles. The Bertz CT molecular complexity index is 429.